The molecule has 3 rings (SSSR count). The molecule has 7 nitrogen and oxygen atoms in total. The number of carbonyl (C=O) groups is 2. The van der Waals surface area contributed by atoms with Crippen molar-refractivity contribution in [3.8, 4) is 0 Å². The summed E-state index contributed by atoms with van der Waals surface area (Å²) < 4.78 is 3.85. The zero-order valence-corrected chi connectivity index (χ0v) is 18.1. The molecule has 156 valence electrons. The third-order valence-electron chi connectivity index (χ3n) is 5.65. The van der Waals surface area contributed by atoms with Crippen LogP contribution in [0.15, 0.2) is 29.9 Å². The van der Waals surface area contributed by atoms with Crippen molar-refractivity contribution >= 4 is 23.3 Å². The van der Waals surface area contributed by atoms with Gasteiger partial charge in [0, 0.05) is 34.9 Å². The van der Waals surface area contributed by atoms with Crippen molar-refractivity contribution < 1.29 is 9.59 Å². The second-order valence-corrected chi connectivity index (χ2v) is 8.82. The van der Waals surface area contributed by atoms with E-state index in [1.54, 1.807) is 28.7 Å². The van der Waals surface area contributed by atoms with Crippen LogP contribution in [0.2, 0.25) is 0 Å². The minimum Gasteiger partial charge on any atom is -0.349 e. The SMILES string of the molecule is CCC(C)(C)NC(=O)C(c1cccnc1)N(C(=O)c1csnn1)C1CCCCC1. The van der Waals surface area contributed by atoms with Crippen LogP contribution in [0.3, 0.4) is 0 Å². The summed E-state index contributed by atoms with van der Waals surface area (Å²) in [6.45, 7) is 6.01. The average molecular weight is 416 g/mol. The molecule has 1 unspecified atom stereocenters. The Hall–Kier alpha value is -2.35. The first-order valence-corrected chi connectivity index (χ1v) is 11.1. The highest BCUT2D eigenvalue weighted by Crippen LogP contribution is 2.32. The predicted octanol–water partition coefficient (Wildman–Crippen LogP) is 3.75. The van der Waals surface area contributed by atoms with Crippen molar-refractivity contribution in [3.05, 3.63) is 41.2 Å². The molecule has 1 N–H and O–H groups in total. The van der Waals surface area contributed by atoms with E-state index in [0.29, 0.717) is 5.56 Å². The number of aromatic nitrogens is 3. The Kier molecular flexibility index (Phi) is 6.95. The van der Waals surface area contributed by atoms with Gasteiger partial charge in [-0.25, -0.2) is 0 Å². The van der Waals surface area contributed by atoms with Gasteiger partial charge in [-0.2, -0.15) is 0 Å². The van der Waals surface area contributed by atoms with Gasteiger partial charge in [0.25, 0.3) is 5.91 Å². The highest BCUT2D eigenvalue weighted by Gasteiger charge is 2.39. The minimum atomic E-state index is -0.758. The third-order valence-corrected chi connectivity index (χ3v) is 6.16. The number of carbonyl (C=O) groups excluding carboxylic acids is 2. The van der Waals surface area contributed by atoms with Gasteiger partial charge in [-0.15, -0.1) is 5.10 Å². The normalized spacial score (nSPS) is 16.2. The van der Waals surface area contributed by atoms with Gasteiger partial charge in [0.15, 0.2) is 5.69 Å². The van der Waals surface area contributed by atoms with Gasteiger partial charge < -0.3 is 10.2 Å². The van der Waals surface area contributed by atoms with Crippen LogP contribution in [-0.2, 0) is 4.79 Å². The average Bonchev–Trinajstić information content (AvgIpc) is 3.27. The lowest BCUT2D eigenvalue weighted by molar-refractivity contribution is -0.128. The Morgan fingerprint density at radius 3 is 2.66 bits per heavy atom. The van der Waals surface area contributed by atoms with Crippen LogP contribution in [0.5, 0.6) is 0 Å². The molecular weight excluding hydrogens is 386 g/mol. The maximum absolute atomic E-state index is 13.5. The maximum Gasteiger partial charge on any atom is 0.276 e. The van der Waals surface area contributed by atoms with Crippen LogP contribution < -0.4 is 5.32 Å². The number of amides is 2. The van der Waals surface area contributed by atoms with Gasteiger partial charge >= 0.3 is 0 Å². The minimum absolute atomic E-state index is 0.0151. The Labute approximate surface area is 176 Å². The van der Waals surface area contributed by atoms with E-state index in [2.05, 4.69) is 19.9 Å². The topological polar surface area (TPSA) is 88.1 Å². The van der Waals surface area contributed by atoms with E-state index in [0.717, 1.165) is 50.1 Å². The lowest BCUT2D eigenvalue weighted by atomic mass is 9.91. The van der Waals surface area contributed by atoms with Crippen LogP contribution in [0, 0.1) is 0 Å². The molecule has 0 aliphatic heterocycles. The van der Waals surface area contributed by atoms with Crippen LogP contribution in [0.1, 0.15) is 81.4 Å². The third kappa shape index (κ3) is 5.18. The van der Waals surface area contributed by atoms with E-state index in [-0.39, 0.29) is 29.1 Å². The molecule has 1 aliphatic rings. The zero-order chi connectivity index (χ0) is 20.9. The molecule has 0 bridgehead atoms. The largest absolute Gasteiger partial charge is 0.349 e. The van der Waals surface area contributed by atoms with E-state index in [1.165, 1.54) is 0 Å². The highest BCUT2D eigenvalue weighted by molar-refractivity contribution is 7.03. The molecule has 8 heteroatoms. The molecule has 29 heavy (non-hydrogen) atoms. The Bertz CT molecular complexity index is 804. The summed E-state index contributed by atoms with van der Waals surface area (Å²) in [5, 5.41) is 8.76. The first-order chi connectivity index (χ1) is 13.9. The summed E-state index contributed by atoms with van der Waals surface area (Å²) in [6, 6.07) is 2.89. The molecule has 0 aromatic carbocycles. The number of rotatable bonds is 7. The fourth-order valence-electron chi connectivity index (χ4n) is 3.71. The van der Waals surface area contributed by atoms with E-state index in [9.17, 15) is 9.59 Å². The Morgan fingerprint density at radius 1 is 1.31 bits per heavy atom. The number of pyridine rings is 1. The molecule has 2 aromatic heterocycles. The van der Waals surface area contributed by atoms with E-state index >= 15 is 0 Å². The fraction of sp³-hybridized carbons (Fsp3) is 0.571. The summed E-state index contributed by atoms with van der Waals surface area (Å²) in [5.41, 5.74) is 0.622. The first-order valence-electron chi connectivity index (χ1n) is 10.2. The van der Waals surface area contributed by atoms with Crippen LogP contribution >= 0.6 is 11.5 Å². The smallest absolute Gasteiger partial charge is 0.276 e. The second kappa shape index (κ2) is 9.43. The first kappa shape index (κ1) is 21.4. The predicted molar refractivity (Wildman–Crippen MR) is 112 cm³/mol. The van der Waals surface area contributed by atoms with Gasteiger partial charge in [-0.3, -0.25) is 14.6 Å². The molecule has 2 aromatic rings. The van der Waals surface area contributed by atoms with E-state index < -0.39 is 6.04 Å². The van der Waals surface area contributed by atoms with Gasteiger partial charge in [-0.05, 0) is 50.7 Å². The molecule has 0 saturated heterocycles. The van der Waals surface area contributed by atoms with E-state index in [1.807, 2.05) is 26.8 Å². The maximum atomic E-state index is 13.5. The summed E-state index contributed by atoms with van der Waals surface area (Å²) in [5.74, 6) is -0.434. The van der Waals surface area contributed by atoms with Gasteiger partial charge in [0.2, 0.25) is 5.91 Å². The lowest BCUT2D eigenvalue weighted by Crippen LogP contribution is -2.53. The Balaban J connectivity index is 2.04. The zero-order valence-electron chi connectivity index (χ0n) is 17.3. The summed E-state index contributed by atoms with van der Waals surface area (Å²) in [4.78, 5) is 32.9. The Morgan fingerprint density at radius 2 is 2.07 bits per heavy atom. The standard InChI is InChI=1S/C21H29N5O2S/c1-4-21(2,3)23-19(27)18(15-9-8-12-22-13-15)26(16-10-6-5-7-11-16)20(28)17-14-29-25-24-17/h8-9,12-14,16,18H,4-7,10-11H2,1-3H3,(H,23,27). The molecule has 2 heterocycles. The molecule has 1 fully saturated rings. The second-order valence-electron chi connectivity index (χ2n) is 8.21. The quantitative estimate of drug-likeness (QED) is 0.744. The van der Waals surface area contributed by atoms with Crippen molar-refractivity contribution in [1.82, 2.24) is 24.8 Å². The summed E-state index contributed by atoms with van der Waals surface area (Å²) in [6.07, 6.45) is 9.14. The van der Waals surface area contributed by atoms with Gasteiger partial charge in [-0.1, -0.05) is 36.7 Å². The molecule has 0 radical (unpaired) electrons. The molecule has 1 atom stereocenters. The molecular formula is C21H29N5O2S. The molecule has 1 saturated carbocycles. The van der Waals surface area contributed by atoms with Crippen molar-refractivity contribution in [2.45, 2.75) is 76.9 Å². The van der Waals surface area contributed by atoms with Crippen molar-refractivity contribution in [2.75, 3.05) is 0 Å². The van der Waals surface area contributed by atoms with Crippen LogP contribution in [0.4, 0.5) is 0 Å². The molecule has 1 aliphatic carbocycles. The van der Waals surface area contributed by atoms with Gasteiger partial charge in [0.05, 0.1) is 0 Å². The number of nitrogens with one attached hydrogen (secondary N) is 1. The van der Waals surface area contributed by atoms with Gasteiger partial charge in [0.1, 0.15) is 6.04 Å². The van der Waals surface area contributed by atoms with Crippen molar-refractivity contribution in [1.29, 1.82) is 0 Å². The molecule has 2 amide bonds. The van der Waals surface area contributed by atoms with Crippen LogP contribution in [0.25, 0.3) is 0 Å². The van der Waals surface area contributed by atoms with Crippen LogP contribution in [-0.4, -0.2) is 42.9 Å². The highest BCUT2D eigenvalue weighted by atomic mass is 32.1. The monoisotopic (exact) mass is 415 g/mol. The fourth-order valence-corrected chi connectivity index (χ4v) is 4.14. The molecule has 0 spiro atoms. The lowest BCUT2D eigenvalue weighted by Gasteiger charge is -2.40. The number of hydrogen-bond donors (Lipinski definition) is 1. The number of hydrogen-bond acceptors (Lipinski definition) is 6. The number of nitrogens with zero attached hydrogens (tertiary/aromatic N) is 4. The van der Waals surface area contributed by atoms with Crippen molar-refractivity contribution in [3.63, 3.8) is 0 Å². The van der Waals surface area contributed by atoms with E-state index in [4.69, 9.17) is 0 Å². The van der Waals surface area contributed by atoms with Crippen molar-refractivity contribution in [2.24, 2.45) is 0 Å². The summed E-state index contributed by atoms with van der Waals surface area (Å²) in [7, 11) is 0. The summed E-state index contributed by atoms with van der Waals surface area (Å²) >= 11 is 1.14.